The van der Waals surface area contributed by atoms with Gasteiger partial charge >= 0.3 is 0 Å². The number of hydrogen-bond donors (Lipinski definition) is 4. The van der Waals surface area contributed by atoms with E-state index >= 15 is 0 Å². The number of alkyl halides is 1. The molecule has 0 amide bonds. The van der Waals surface area contributed by atoms with Crippen molar-refractivity contribution in [3.05, 3.63) is 29.3 Å². The predicted molar refractivity (Wildman–Crippen MR) is 116 cm³/mol. The zero-order chi connectivity index (χ0) is 19.6. The summed E-state index contributed by atoms with van der Waals surface area (Å²) in [5.41, 5.74) is 6.73. The van der Waals surface area contributed by atoms with Crippen LogP contribution in [0.5, 0.6) is 0 Å². The normalized spacial score (nSPS) is 17.8. The highest BCUT2D eigenvalue weighted by molar-refractivity contribution is 6.20. The molecule has 6 nitrogen and oxygen atoms in total. The summed E-state index contributed by atoms with van der Waals surface area (Å²) in [5.74, 6) is 5.52. The number of hydrogen-bond acceptors (Lipinski definition) is 6. The van der Waals surface area contributed by atoms with Gasteiger partial charge in [-0.25, -0.2) is 9.84 Å². The zero-order valence-corrected chi connectivity index (χ0v) is 18.0. The van der Waals surface area contributed by atoms with Crippen LogP contribution in [0.3, 0.4) is 0 Å². The van der Waals surface area contributed by atoms with Gasteiger partial charge in [-0.2, -0.15) is 0 Å². The summed E-state index contributed by atoms with van der Waals surface area (Å²) < 4.78 is 1.64. The molecule has 0 saturated carbocycles. The van der Waals surface area contributed by atoms with Crippen molar-refractivity contribution in [1.29, 1.82) is 0 Å². The topological polar surface area (TPSA) is 68.6 Å². The molecule has 0 bridgehead atoms. The molecule has 1 aromatic carbocycles. The molecule has 27 heavy (non-hydrogen) atoms. The second kappa shape index (κ2) is 12.1. The number of halogens is 2. The minimum Gasteiger partial charge on any atom is -0.382 e. The second-order valence-electron chi connectivity index (χ2n) is 7.42. The number of rotatable bonds is 12. The molecule has 0 saturated heterocycles. The zero-order valence-electron chi connectivity index (χ0n) is 16.5. The number of benzene rings is 1. The van der Waals surface area contributed by atoms with Gasteiger partial charge in [-0.15, -0.1) is 11.6 Å². The fourth-order valence-corrected chi connectivity index (χ4v) is 3.57. The first-order valence-electron chi connectivity index (χ1n) is 9.73. The van der Waals surface area contributed by atoms with Gasteiger partial charge in [-0.05, 0) is 61.6 Å². The Morgan fingerprint density at radius 3 is 2.81 bits per heavy atom. The molecule has 0 radical (unpaired) electrons. The lowest BCUT2D eigenvalue weighted by Gasteiger charge is -2.25. The first-order chi connectivity index (χ1) is 13.0. The Hall–Kier alpha value is -0.600. The Morgan fingerprint density at radius 2 is 2.07 bits per heavy atom. The van der Waals surface area contributed by atoms with E-state index in [2.05, 4.69) is 46.1 Å². The van der Waals surface area contributed by atoms with Crippen molar-refractivity contribution >= 4 is 29.1 Å². The van der Waals surface area contributed by atoms with E-state index in [0.717, 1.165) is 45.6 Å². The first-order valence-corrected chi connectivity index (χ1v) is 10.5. The maximum atomic E-state index is 6.39. The molecular weight excluding hydrogens is 383 g/mol. The summed E-state index contributed by atoms with van der Waals surface area (Å²) >= 11 is 12.2. The smallest absolute Gasteiger partial charge is 0.0623 e. The van der Waals surface area contributed by atoms with Crippen molar-refractivity contribution in [2.75, 3.05) is 38.8 Å². The summed E-state index contributed by atoms with van der Waals surface area (Å²) in [7, 11) is 1.84. The Kier molecular flexibility index (Phi) is 10.1. The van der Waals surface area contributed by atoms with Crippen LogP contribution in [-0.2, 0) is 13.0 Å². The molecular formula is C19H34Cl2N6. The average molecular weight is 417 g/mol. The van der Waals surface area contributed by atoms with Crippen LogP contribution in [0.2, 0.25) is 0 Å². The van der Waals surface area contributed by atoms with E-state index in [1.807, 2.05) is 7.05 Å². The predicted octanol–water partition coefficient (Wildman–Crippen LogP) is 2.68. The van der Waals surface area contributed by atoms with E-state index in [4.69, 9.17) is 29.2 Å². The number of anilines is 1. The summed E-state index contributed by atoms with van der Waals surface area (Å²) in [5, 5.41) is 7.20. The van der Waals surface area contributed by atoms with E-state index in [1.165, 1.54) is 23.2 Å². The maximum Gasteiger partial charge on any atom is 0.0623 e. The minimum atomic E-state index is 0.111. The Bertz CT molecular complexity index is 557. The number of hydrazine groups is 1. The summed E-state index contributed by atoms with van der Waals surface area (Å²) in [6, 6.07) is 7.28. The van der Waals surface area contributed by atoms with Crippen molar-refractivity contribution in [2.24, 2.45) is 5.84 Å². The molecule has 154 valence electrons. The van der Waals surface area contributed by atoms with Gasteiger partial charge in [0.15, 0.2) is 0 Å². The third kappa shape index (κ3) is 8.52. The van der Waals surface area contributed by atoms with Crippen molar-refractivity contribution in [2.45, 2.75) is 50.6 Å². The van der Waals surface area contributed by atoms with Crippen LogP contribution in [0.15, 0.2) is 18.2 Å². The van der Waals surface area contributed by atoms with E-state index in [0.29, 0.717) is 12.7 Å². The molecule has 2 rings (SSSR count). The standard InChI is InChI=1S/C19H34Cl2N6/c1-15-3-5-17-6-4-16(11-19(17)25-15)12-23-13-27(14-24-22)10-8-18(20)7-9-26(2)21/h4,6,11,15,18,23-25H,3,5,7-10,12-14,22H2,1-2H3. The number of fused-ring (bicyclic) bond motifs is 1. The van der Waals surface area contributed by atoms with Crippen LogP contribution in [0.4, 0.5) is 5.69 Å². The minimum absolute atomic E-state index is 0.111. The van der Waals surface area contributed by atoms with Crippen LogP contribution in [0.1, 0.15) is 37.3 Å². The molecule has 1 aromatic rings. The summed E-state index contributed by atoms with van der Waals surface area (Å²) in [4.78, 5) is 2.22. The number of nitrogens with one attached hydrogen (secondary N) is 3. The van der Waals surface area contributed by atoms with Crippen LogP contribution in [0.25, 0.3) is 0 Å². The second-order valence-corrected chi connectivity index (χ2v) is 8.61. The van der Waals surface area contributed by atoms with Gasteiger partial charge in [0.05, 0.1) is 6.67 Å². The quantitative estimate of drug-likeness (QED) is 0.138. The molecule has 2 atom stereocenters. The highest BCUT2D eigenvalue weighted by Gasteiger charge is 2.14. The molecule has 8 heteroatoms. The van der Waals surface area contributed by atoms with E-state index < -0.39 is 0 Å². The van der Waals surface area contributed by atoms with Crippen LogP contribution in [-0.4, -0.2) is 54.2 Å². The van der Waals surface area contributed by atoms with Gasteiger partial charge in [0.25, 0.3) is 0 Å². The molecule has 2 unspecified atom stereocenters. The molecule has 0 aromatic heterocycles. The lowest BCUT2D eigenvalue weighted by molar-refractivity contribution is 0.229. The molecule has 1 heterocycles. The van der Waals surface area contributed by atoms with Crippen LogP contribution in [0, 0.1) is 0 Å². The molecule has 0 fully saturated rings. The number of nitrogens with two attached hydrogens (primary N) is 1. The SMILES string of the molecule is CC1CCc2ccc(CNCN(CCC(Cl)CCN(C)Cl)CNN)cc2N1. The van der Waals surface area contributed by atoms with E-state index in [1.54, 1.807) is 4.42 Å². The van der Waals surface area contributed by atoms with Crippen molar-refractivity contribution in [3.63, 3.8) is 0 Å². The first kappa shape index (κ1) is 22.7. The fraction of sp³-hybridized carbons (Fsp3) is 0.684. The van der Waals surface area contributed by atoms with Gasteiger partial charge in [0.2, 0.25) is 0 Å². The molecule has 1 aliphatic rings. The molecule has 0 aliphatic carbocycles. The monoisotopic (exact) mass is 416 g/mol. The third-order valence-electron chi connectivity index (χ3n) is 4.91. The Morgan fingerprint density at radius 1 is 1.30 bits per heavy atom. The van der Waals surface area contributed by atoms with Crippen molar-refractivity contribution < 1.29 is 0 Å². The lowest BCUT2D eigenvalue weighted by Crippen LogP contribution is -2.43. The number of aryl methyl sites for hydroxylation is 1. The number of nitrogens with zero attached hydrogens (tertiary/aromatic N) is 2. The van der Waals surface area contributed by atoms with Crippen LogP contribution < -0.4 is 21.9 Å². The van der Waals surface area contributed by atoms with Crippen molar-refractivity contribution in [3.8, 4) is 0 Å². The van der Waals surface area contributed by atoms with Gasteiger partial charge in [0.1, 0.15) is 0 Å². The Labute approximate surface area is 173 Å². The fourth-order valence-electron chi connectivity index (χ4n) is 3.28. The van der Waals surface area contributed by atoms with Gasteiger partial charge < -0.3 is 10.6 Å². The Balaban J connectivity index is 1.74. The largest absolute Gasteiger partial charge is 0.382 e. The van der Waals surface area contributed by atoms with E-state index in [-0.39, 0.29) is 5.38 Å². The molecule has 0 spiro atoms. The summed E-state index contributed by atoms with van der Waals surface area (Å²) in [6.45, 7) is 6.10. The summed E-state index contributed by atoms with van der Waals surface area (Å²) in [6.07, 6.45) is 4.14. The van der Waals surface area contributed by atoms with Crippen molar-refractivity contribution in [1.82, 2.24) is 20.1 Å². The van der Waals surface area contributed by atoms with Gasteiger partial charge in [-0.1, -0.05) is 12.1 Å². The average Bonchev–Trinajstić information content (AvgIpc) is 2.64. The van der Waals surface area contributed by atoms with Crippen LogP contribution >= 0.6 is 23.4 Å². The van der Waals surface area contributed by atoms with Gasteiger partial charge in [0, 0.05) is 50.5 Å². The lowest BCUT2D eigenvalue weighted by atomic mass is 9.97. The molecule has 1 aliphatic heterocycles. The van der Waals surface area contributed by atoms with E-state index in [9.17, 15) is 0 Å². The highest BCUT2D eigenvalue weighted by atomic mass is 35.5. The van der Waals surface area contributed by atoms with Gasteiger partial charge in [-0.3, -0.25) is 10.7 Å². The molecule has 5 N–H and O–H groups in total. The third-order valence-corrected chi connectivity index (χ3v) is 5.52. The maximum absolute atomic E-state index is 6.39. The highest BCUT2D eigenvalue weighted by Crippen LogP contribution is 2.25.